The largest absolute Gasteiger partial charge is 0.381 e. The van der Waals surface area contributed by atoms with Gasteiger partial charge in [0.2, 0.25) is 0 Å². The lowest BCUT2D eigenvalue weighted by Crippen LogP contribution is -2.42. The Kier molecular flexibility index (Phi) is 5.01. The van der Waals surface area contributed by atoms with E-state index in [2.05, 4.69) is 17.1 Å². The zero-order chi connectivity index (χ0) is 14.6. The van der Waals surface area contributed by atoms with E-state index in [4.69, 9.17) is 4.74 Å². The summed E-state index contributed by atoms with van der Waals surface area (Å²) in [6, 6.07) is 7.20. The van der Waals surface area contributed by atoms with E-state index in [1.54, 1.807) is 12.1 Å². The molecule has 1 N–H and O–H groups in total. The van der Waals surface area contributed by atoms with E-state index in [9.17, 15) is 8.42 Å². The number of morpholine rings is 1. The second-order valence-electron chi connectivity index (χ2n) is 5.25. The summed E-state index contributed by atoms with van der Waals surface area (Å²) < 4.78 is 28.1. The van der Waals surface area contributed by atoms with E-state index in [0.29, 0.717) is 10.9 Å². The summed E-state index contributed by atoms with van der Waals surface area (Å²) >= 11 is 0. The maximum atomic E-state index is 11.4. The third-order valence-corrected chi connectivity index (χ3v) is 4.46. The van der Waals surface area contributed by atoms with Gasteiger partial charge in [-0.2, -0.15) is 0 Å². The topological polar surface area (TPSA) is 58.6 Å². The Balaban J connectivity index is 1.89. The Labute approximate surface area is 120 Å². The fourth-order valence-corrected chi connectivity index (χ4v) is 2.93. The molecule has 0 aromatic heterocycles. The quantitative estimate of drug-likeness (QED) is 0.886. The van der Waals surface area contributed by atoms with Crippen molar-refractivity contribution in [1.82, 2.24) is 4.90 Å². The van der Waals surface area contributed by atoms with E-state index in [0.717, 1.165) is 38.5 Å². The van der Waals surface area contributed by atoms with Crippen molar-refractivity contribution in [1.29, 1.82) is 0 Å². The minimum Gasteiger partial charge on any atom is -0.381 e. The maximum Gasteiger partial charge on any atom is 0.175 e. The summed E-state index contributed by atoms with van der Waals surface area (Å²) in [5.74, 6) is 0. The number of nitrogens with one attached hydrogen (secondary N) is 1. The van der Waals surface area contributed by atoms with E-state index in [-0.39, 0.29) is 0 Å². The van der Waals surface area contributed by atoms with Gasteiger partial charge >= 0.3 is 0 Å². The van der Waals surface area contributed by atoms with Gasteiger partial charge in [0.1, 0.15) is 0 Å². The first kappa shape index (κ1) is 15.3. The Hall–Kier alpha value is -1.11. The van der Waals surface area contributed by atoms with E-state index >= 15 is 0 Å². The molecule has 1 aliphatic rings. The van der Waals surface area contributed by atoms with Gasteiger partial charge in [0.25, 0.3) is 0 Å². The van der Waals surface area contributed by atoms with Crippen molar-refractivity contribution in [2.24, 2.45) is 0 Å². The van der Waals surface area contributed by atoms with Crippen molar-refractivity contribution in [3.8, 4) is 0 Å². The third kappa shape index (κ3) is 4.47. The highest BCUT2D eigenvalue weighted by Gasteiger charge is 2.13. The molecule has 0 amide bonds. The summed E-state index contributed by atoms with van der Waals surface area (Å²) in [5.41, 5.74) is 0.943. The van der Waals surface area contributed by atoms with Crippen molar-refractivity contribution >= 4 is 15.5 Å². The van der Waals surface area contributed by atoms with Crippen LogP contribution in [0.2, 0.25) is 0 Å². The smallest absolute Gasteiger partial charge is 0.175 e. The monoisotopic (exact) mass is 298 g/mol. The average Bonchev–Trinajstić information content (AvgIpc) is 2.39. The van der Waals surface area contributed by atoms with Crippen LogP contribution < -0.4 is 5.32 Å². The van der Waals surface area contributed by atoms with Crippen LogP contribution in [0.4, 0.5) is 5.69 Å². The second kappa shape index (κ2) is 6.56. The van der Waals surface area contributed by atoms with Gasteiger partial charge in [-0.3, -0.25) is 4.90 Å². The molecule has 1 aromatic rings. The molecule has 0 saturated carbocycles. The number of rotatable bonds is 5. The van der Waals surface area contributed by atoms with Gasteiger partial charge in [-0.1, -0.05) is 0 Å². The molecule has 0 radical (unpaired) electrons. The third-order valence-electron chi connectivity index (χ3n) is 3.33. The molecule has 0 spiro atoms. The summed E-state index contributed by atoms with van der Waals surface area (Å²) in [4.78, 5) is 2.72. The fraction of sp³-hybridized carbons (Fsp3) is 0.571. The second-order valence-corrected chi connectivity index (χ2v) is 7.27. The highest BCUT2D eigenvalue weighted by atomic mass is 32.2. The molecule has 0 bridgehead atoms. The van der Waals surface area contributed by atoms with Crippen molar-refractivity contribution in [3.05, 3.63) is 24.3 Å². The number of hydrogen-bond donors (Lipinski definition) is 1. The number of nitrogens with zero attached hydrogens (tertiary/aromatic N) is 1. The van der Waals surface area contributed by atoms with Crippen LogP contribution >= 0.6 is 0 Å². The molecule has 1 atom stereocenters. The van der Waals surface area contributed by atoms with Gasteiger partial charge in [-0.05, 0) is 31.2 Å². The van der Waals surface area contributed by atoms with Crippen LogP contribution in [0.1, 0.15) is 6.92 Å². The average molecular weight is 298 g/mol. The van der Waals surface area contributed by atoms with Crippen LogP contribution in [0.15, 0.2) is 29.2 Å². The molecule has 2 rings (SSSR count). The first-order valence-electron chi connectivity index (χ1n) is 6.82. The molecule has 1 aromatic carbocycles. The van der Waals surface area contributed by atoms with Gasteiger partial charge in [-0.15, -0.1) is 0 Å². The number of hydrogen-bond acceptors (Lipinski definition) is 5. The minimum absolute atomic E-state index is 0.303. The predicted molar refractivity (Wildman–Crippen MR) is 79.9 cm³/mol. The molecule has 20 heavy (non-hydrogen) atoms. The molecule has 1 unspecified atom stereocenters. The summed E-state index contributed by atoms with van der Waals surface area (Å²) in [6.07, 6.45) is 1.22. The van der Waals surface area contributed by atoms with Crippen LogP contribution in [0.5, 0.6) is 0 Å². The summed E-state index contributed by atoms with van der Waals surface area (Å²) in [7, 11) is -3.12. The number of sulfone groups is 1. The SMILES string of the molecule is CC(CN1CCOCC1)Nc1ccc(S(C)(=O)=O)cc1. The first-order valence-corrected chi connectivity index (χ1v) is 8.71. The summed E-state index contributed by atoms with van der Waals surface area (Å²) in [6.45, 7) is 6.63. The van der Waals surface area contributed by atoms with Crippen LogP contribution in [0, 0.1) is 0 Å². The predicted octanol–water partition coefficient (Wildman–Crippen LogP) is 1.22. The summed E-state index contributed by atoms with van der Waals surface area (Å²) in [5, 5.41) is 3.39. The number of anilines is 1. The van der Waals surface area contributed by atoms with E-state index in [1.807, 2.05) is 12.1 Å². The fourth-order valence-electron chi connectivity index (χ4n) is 2.30. The molecule has 1 aliphatic heterocycles. The number of benzene rings is 1. The Morgan fingerprint density at radius 2 is 1.85 bits per heavy atom. The lowest BCUT2D eigenvalue weighted by molar-refractivity contribution is 0.0368. The van der Waals surface area contributed by atoms with Gasteiger partial charge in [0.05, 0.1) is 18.1 Å². The highest BCUT2D eigenvalue weighted by molar-refractivity contribution is 7.90. The van der Waals surface area contributed by atoms with E-state index in [1.165, 1.54) is 6.26 Å². The van der Waals surface area contributed by atoms with Crippen LogP contribution in [-0.4, -0.2) is 58.5 Å². The molecular formula is C14H22N2O3S. The van der Waals surface area contributed by atoms with E-state index < -0.39 is 9.84 Å². The molecule has 1 fully saturated rings. The highest BCUT2D eigenvalue weighted by Crippen LogP contribution is 2.15. The molecule has 1 heterocycles. The van der Waals surface area contributed by atoms with Gasteiger partial charge in [0, 0.05) is 37.6 Å². The van der Waals surface area contributed by atoms with Crippen molar-refractivity contribution in [2.75, 3.05) is 44.4 Å². The molecule has 0 aliphatic carbocycles. The molecule has 112 valence electrons. The van der Waals surface area contributed by atoms with Crippen molar-refractivity contribution < 1.29 is 13.2 Å². The first-order chi connectivity index (χ1) is 9.45. The molecule has 5 nitrogen and oxygen atoms in total. The Bertz CT molecular complexity index is 522. The van der Waals surface area contributed by atoms with Crippen molar-refractivity contribution in [2.45, 2.75) is 17.9 Å². The van der Waals surface area contributed by atoms with Crippen LogP contribution in [0.25, 0.3) is 0 Å². The molecular weight excluding hydrogens is 276 g/mol. The molecule has 1 saturated heterocycles. The minimum atomic E-state index is -3.12. The number of ether oxygens (including phenoxy) is 1. The lowest BCUT2D eigenvalue weighted by Gasteiger charge is -2.29. The molecule has 6 heteroatoms. The van der Waals surface area contributed by atoms with Gasteiger partial charge in [-0.25, -0.2) is 8.42 Å². The van der Waals surface area contributed by atoms with Gasteiger partial charge < -0.3 is 10.1 Å². The lowest BCUT2D eigenvalue weighted by atomic mass is 10.2. The van der Waals surface area contributed by atoms with Crippen molar-refractivity contribution in [3.63, 3.8) is 0 Å². The van der Waals surface area contributed by atoms with Crippen LogP contribution in [0.3, 0.4) is 0 Å². The van der Waals surface area contributed by atoms with Gasteiger partial charge in [0.15, 0.2) is 9.84 Å². The Morgan fingerprint density at radius 1 is 1.25 bits per heavy atom. The zero-order valence-electron chi connectivity index (χ0n) is 12.0. The van der Waals surface area contributed by atoms with Crippen LogP contribution in [-0.2, 0) is 14.6 Å². The zero-order valence-corrected chi connectivity index (χ0v) is 12.8. The standard InChI is InChI=1S/C14H22N2O3S/c1-12(11-16-7-9-19-10-8-16)15-13-3-5-14(6-4-13)20(2,17)18/h3-6,12,15H,7-11H2,1-2H3. The normalized spacial score (nSPS) is 18.7. The maximum absolute atomic E-state index is 11.4. The Morgan fingerprint density at radius 3 is 2.40 bits per heavy atom.